The lowest BCUT2D eigenvalue weighted by Crippen LogP contribution is -2.47. The Balaban J connectivity index is 1.66. The molecule has 1 aliphatic rings. The maximum atomic E-state index is 5.54. The predicted octanol–water partition coefficient (Wildman–Crippen LogP) is 3.54. The van der Waals surface area contributed by atoms with Crippen molar-refractivity contribution >= 4 is 22.4 Å². The van der Waals surface area contributed by atoms with Crippen molar-refractivity contribution in [3.63, 3.8) is 0 Å². The van der Waals surface area contributed by atoms with E-state index in [2.05, 4.69) is 28.9 Å². The summed E-state index contributed by atoms with van der Waals surface area (Å²) in [6.07, 6.45) is 0.776. The van der Waals surface area contributed by atoms with Crippen molar-refractivity contribution in [2.24, 2.45) is 0 Å². The maximum absolute atomic E-state index is 5.54. The van der Waals surface area contributed by atoms with Crippen molar-refractivity contribution in [3.8, 4) is 17.2 Å². The molecule has 1 aliphatic heterocycles. The summed E-state index contributed by atoms with van der Waals surface area (Å²) in [5.74, 6) is 4.06. The van der Waals surface area contributed by atoms with Crippen molar-refractivity contribution in [3.05, 3.63) is 42.2 Å². The Bertz CT molecular complexity index is 1030. The summed E-state index contributed by atoms with van der Waals surface area (Å²) in [5.41, 5.74) is 2.01. The Morgan fingerprint density at radius 2 is 1.43 bits per heavy atom. The van der Waals surface area contributed by atoms with Crippen LogP contribution in [0.3, 0.4) is 0 Å². The Hall–Kier alpha value is -3.22. The molecule has 30 heavy (non-hydrogen) atoms. The van der Waals surface area contributed by atoms with Gasteiger partial charge >= 0.3 is 0 Å². The summed E-state index contributed by atoms with van der Waals surface area (Å²) in [6, 6.07) is 12.1. The first-order valence-corrected chi connectivity index (χ1v) is 10.2. The predicted molar refractivity (Wildman–Crippen MR) is 119 cm³/mol. The number of benzene rings is 2. The summed E-state index contributed by atoms with van der Waals surface area (Å²) >= 11 is 0. The Kier molecular flexibility index (Phi) is 5.79. The maximum Gasteiger partial charge on any atom is 0.162 e. The third kappa shape index (κ3) is 3.67. The number of methoxy groups -OCH3 is 3. The van der Waals surface area contributed by atoms with Crippen LogP contribution in [-0.2, 0) is 6.42 Å². The molecule has 0 radical (unpaired) electrons. The van der Waals surface area contributed by atoms with Crippen LogP contribution < -0.4 is 24.0 Å². The number of fused-ring (bicyclic) bond motifs is 1. The second-order valence-corrected chi connectivity index (χ2v) is 7.19. The van der Waals surface area contributed by atoms with Gasteiger partial charge in [0.2, 0.25) is 0 Å². The quantitative estimate of drug-likeness (QED) is 0.618. The van der Waals surface area contributed by atoms with Crippen LogP contribution in [0.5, 0.6) is 17.2 Å². The normalized spacial score (nSPS) is 14.1. The molecule has 2 heterocycles. The molecule has 0 unspecified atom stereocenters. The largest absolute Gasteiger partial charge is 0.495 e. The Morgan fingerprint density at radius 3 is 2.10 bits per heavy atom. The van der Waals surface area contributed by atoms with E-state index in [4.69, 9.17) is 24.2 Å². The highest BCUT2D eigenvalue weighted by Crippen LogP contribution is 2.36. The van der Waals surface area contributed by atoms with Crippen LogP contribution in [0.1, 0.15) is 12.7 Å². The number of rotatable bonds is 6. The summed E-state index contributed by atoms with van der Waals surface area (Å²) in [6.45, 7) is 5.58. The van der Waals surface area contributed by atoms with E-state index in [9.17, 15) is 0 Å². The number of hydrogen-bond donors (Lipinski definition) is 0. The van der Waals surface area contributed by atoms with Gasteiger partial charge in [-0.15, -0.1) is 0 Å². The molecule has 0 spiro atoms. The molecular weight excluding hydrogens is 380 g/mol. The van der Waals surface area contributed by atoms with E-state index in [0.29, 0.717) is 11.5 Å². The van der Waals surface area contributed by atoms with Crippen molar-refractivity contribution in [1.82, 2.24) is 9.97 Å². The highest BCUT2D eigenvalue weighted by molar-refractivity contribution is 5.92. The fourth-order valence-corrected chi connectivity index (χ4v) is 3.94. The molecule has 0 bridgehead atoms. The first-order valence-electron chi connectivity index (χ1n) is 10.2. The van der Waals surface area contributed by atoms with Gasteiger partial charge in [-0.3, -0.25) is 0 Å². The molecule has 0 N–H and O–H groups in total. The van der Waals surface area contributed by atoms with Gasteiger partial charge in [0.15, 0.2) is 11.5 Å². The lowest BCUT2D eigenvalue weighted by molar-refractivity contribution is 0.355. The average Bonchev–Trinajstić information content (AvgIpc) is 2.82. The molecule has 1 fully saturated rings. The zero-order valence-corrected chi connectivity index (χ0v) is 18.0. The van der Waals surface area contributed by atoms with Crippen molar-refractivity contribution in [2.45, 2.75) is 13.3 Å². The van der Waals surface area contributed by atoms with E-state index in [1.54, 1.807) is 21.3 Å². The van der Waals surface area contributed by atoms with E-state index in [0.717, 1.165) is 66.6 Å². The van der Waals surface area contributed by atoms with Crippen LogP contribution in [0.25, 0.3) is 10.9 Å². The number of anilines is 2. The molecule has 3 aromatic rings. The van der Waals surface area contributed by atoms with Crippen LogP contribution >= 0.6 is 0 Å². The smallest absolute Gasteiger partial charge is 0.162 e. The number of nitrogens with zero attached hydrogens (tertiary/aromatic N) is 4. The highest BCUT2D eigenvalue weighted by Gasteiger charge is 2.23. The number of aryl methyl sites for hydroxylation is 1. The van der Waals surface area contributed by atoms with Crippen molar-refractivity contribution in [1.29, 1.82) is 0 Å². The molecule has 4 rings (SSSR count). The highest BCUT2D eigenvalue weighted by atomic mass is 16.5. The van der Waals surface area contributed by atoms with E-state index in [-0.39, 0.29) is 0 Å². The molecule has 158 valence electrons. The second-order valence-electron chi connectivity index (χ2n) is 7.19. The van der Waals surface area contributed by atoms with Gasteiger partial charge in [0.25, 0.3) is 0 Å². The van der Waals surface area contributed by atoms with Crippen molar-refractivity contribution in [2.75, 3.05) is 57.3 Å². The van der Waals surface area contributed by atoms with Crippen LogP contribution in [-0.4, -0.2) is 57.5 Å². The van der Waals surface area contributed by atoms with Gasteiger partial charge in [0.1, 0.15) is 17.4 Å². The average molecular weight is 409 g/mol. The van der Waals surface area contributed by atoms with E-state index >= 15 is 0 Å². The van der Waals surface area contributed by atoms with Crippen LogP contribution in [0.15, 0.2) is 36.4 Å². The molecule has 7 heteroatoms. The molecule has 2 aromatic carbocycles. The summed E-state index contributed by atoms with van der Waals surface area (Å²) < 4.78 is 16.5. The zero-order chi connectivity index (χ0) is 21.1. The number of ether oxygens (including phenoxy) is 3. The van der Waals surface area contributed by atoms with Crippen LogP contribution in [0.4, 0.5) is 11.5 Å². The van der Waals surface area contributed by atoms with Gasteiger partial charge in [-0.2, -0.15) is 0 Å². The topological polar surface area (TPSA) is 60.0 Å². The molecule has 7 nitrogen and oxygen atoms in total. The molecule has 0 atom stereocenters. The van der Waals surface area contributed by atoms with Gasteiger partial charge in [0, 0.05) is 44.1 Å². The first kappa shape index (κ1) is 20.1. The van der Waals surface area contributed by atoms with Crippen LogP contribution in [0, 0.1) is 0 Å². The molecule has 1 saturated heterocycles. The number of aromatic nitrogens is 2. The fraction of sp³-hybridized carbons (Fsp3) is 0.391. The lowest BCUT2D eigenvalue weighted by Gasteiger charge is -2.37. The minimum absolute atomic E-state index is 0.678. The summed E-state index contributed by atoms with van der Waals surface area (Å²) in [4.78, 5) is 14.3. The lowest BCUT2D eigenvalue weighted by atomic mass is 10.1. The second kappa shape index (κ2) is 8.65. The van der Waals surface area contributed by atoms with Crippen LogP contribution in [0.2, 0.25) is 0 Å². The zero-order valence-electron chi connectivity index (χ0n) is 18.0. The Morgan fingerprint density at radius 1 is 0.800 bits per heavy atom. The standard InChI is InChI=1S/C23H28N4O3/c1-5-22-24-17-15-21(30-4)20(29-3)14-16(17)23(25-22)27-12-10-26(11-13-27)18-8-6-7-9-19(18)28-2/h6-9,14-15H,5,10-13H2,1-4H3. The Labute approximate surface area is 177 Å². The van der Waals surface area contributed by atoms with E-state index in [1.165, 1.54) is 0 Å². The van der Waals surface area contributed by atoms with E-state index < -0.39 is 0 Å². The van der Waals surface area contributed by atoms with Gasteiger partial charge in [-0.1, -0.05) is 19.1 Å². The minimum atomic E-state index is 0.678. The molecule has 1 aromatic heterocycles. The summed E-state index contributed by atoms with van der Waals surface area (Å²) in [7, 11) is 5.01. The third-order valence-electron chi connectivity index (χ3n) is 5.55. The van der Waals surface area contributed by atoms with Crippen molar-refractivity contribution < 1.29 is 14.2 Å². The molecular formula is C23H28N4O3. The van der Waals surface area contributed by atoms with Gasteiger partial charge in [-0.25, -0.2) is 9.97 Å². The number of piperazine rings is 1. The minimum Gasteiger partial charge on any atom is -0.495 e. The third-order valence-corrected chi connectivity index (χ3v) is 5.55. The molecule has 0 saturated carbocycles. The SMILES string of the molecule is CCc1nc(N2CCN(c3ccccc3OC)CC2)c2cc(OC)c(OC)cc2n1. The molecule has 0 aliphatic carbocycles. The summed E-state index contributed by atoms with van der Waals surface area (Å²) in [5, 5.41) is 0.982. The monoisotopic (exact) mass is 408 g/mol. The van der Waals surface area contributed by atoms with Gasteiger partial charge < -0.3 is 24.0 Å². The first-order chi connectivity index (χ1) is 14.7. The number of para-hydroxylation sites is 2. The number of hydrogen-bond acceptors (Lipinski definition) is 7. The fourth-order valence-electron chi connectivity index (χ4n) is 3.94. The van der Waals surface area contributed by atoms with E-state index in [1.807, 2.05) is 24.3 Å². The van der Waals surface area contributed by atoms with Gasteiger partial charge in [-0.05, 0) is 18.2 Å². The molecule has 0 amide bonds. The van der Waals surface area contributed by atoms with Gasteiger partial charge in [0.05, 0.1) is 32.5 Å².